The molecule has 0 radical (unpaired) electrons. The van der Waals surface area contributed by atoms with Crippen molar-refractivity contribution in [1.82, 2.24) is 0 Å². The molecule has 3 fully saturated rings. The smallest absolute Gasteiger partial charge is 0.320 e. The molecule has 4 aliphatic rings. The fourth-order valence-electron chi connectivity index (χ4n) is 9.25. The van der Waals surface area contributed by atoms with Crippen molar-refractivity contribution in [3.63, 3.8) is 0 Å². The minimum Gasteiger partial charge on any atom is -0.461 e. The molecule has 0 amide bonds. The highest BCUT2D eigenvalue weighted by Crippen LogP contribution is 2.67. The highest BCUT2D eigenvalue weighted by Gasteiger charge is 2.59. The van der Waals surface area contributed by atoms with Gasteiger partial charge in [0.2, 0.25) is 0 Å². The van der Waals surface area contributed by atoms with Gasteiger partial charge in [0.15, 0.2) is 0 Å². The number of rotatable bonds is 8. The van der Waals surface area contributed by atoms with Crippen molar-refractivity contribution in [2.24, 2.45) is 52.3 Å². The van der Waals surface area contributed by atoms with E-state index >= 15 is 0 Å². The van der Waals surface area contributed by atoms with E-state index in [0.717, 1.165) is 48.3 Å². The van der Waals surface area contributed by atoms with Crippen LogP contribution in [0.5, 0.6) is 0 Å². The number of allylic oxidation sites excluding steroid dienone is 1. The van der Waals surface area contributed by atoms with Gasteiger partial charge in [0.05, 0.1) is 0 Å². The summed E-state index contributed by atoms with van der Waals surface area (Å²) in [4.78, 5) is 12.4. The van der Waals surface area contributed by atoms with Crippen molar-refractivity contribution in [2.45, 2.75) is 130 Å². The van der Waals surface area contributed by atoms with Gasteiger partial charge in [-0.05, 0) is 97.2 Å². The van der Waals surface area contributed by atoms with Crippen LogP contribution < -0.4 is 0 Å². The normalized spacial score (nSPS) is 40.5. The zero-order valence-electron chi connectivity index (χ0n) is 23.7. The van der Waals surface area contributed by atoms with Crippen LogP contribution in [0.2, 0.25) is 0 Å². The zero-order chi connectivity index (χ0) is 25.5. The van der Waals surface area contributed by atoms with Crippen LogP contribution in [0.25, 0.3) is 0 Å². The molecule has 0 N–H and O–H groups in total. The Kier molecular flexibility index (Phi) is 8.57. The van der Waals surface area contributed by atoms with Crippen molar-refractivity contribution in [3.8, 4) is 0 Å². The molecule has 3 saturated carbocycles. The maximum Gasteiger partial charge on any atom is 0.320 e. The van der Waals surface area contributed by atoms with Gasteiger partial charge in [0.25, 0.3) is 0 Å². The van der Waals surface area contributed by atoms with E-state index in [2.05, 4.69) is 70.5 Å². The van der Waals surface area contributed by atoms with E-state index in [1.807, 2.05) is 0 Å². The second-order valence-electron chi connectivity index (χ2n) is 14.2. The molecule has 35 heavy (non-hydrogen) atoms. The van der Waals surface area contributed by atoms with Gasteiger partial charge in [-0.1, -0.05) is 95.3 Å². The fraction of sp³-hybridized carbons (Fsp3) is 0.906. The van der Waals surface area contributed by atoms with E-state index in [4.69, 9.17) is 4.74 Å². The number of alkyl halides is 1. The molecule has 4 aliphatic carbocycles. The molecule has 0 aromatic rings. The highest BCUT2D eigenvalue weighted by molar-refractivity contribution is 9.10. The number of hydrogen-bond donors (Lipinski definition) is 0. The van der Waals surface area contributed by atoms with Gasteiger partial charge in [-0.25, -0.2) is 0 Å². The minimum atomic E-state index is -0.195. The van der Waals surface area contributed by atoms with Crippen molar-refractivity contribution >= 4 is 21.9 Å². The first-order valence-corrected chi connectivity index (χ1v) is 15.9. The van der Waals surface area contributed by atoms with Gasteiger partial charge in [-0.15, -0.1) is 0 Å². The summed E-state index contributed by atoms with van der Waals surface area (Å²) in [5, 5.41) is 0. The van der Waals surface area contributed by atoms with Crippen LogP contribution in [0.15, 0.2) is 11.6 Å². The molecule has 9 atom stereocenters. The summed E-state index contributed by atoms with van der Waals surface area (Å²) in [6.45, 7) is 16.7. The quantitative estimate of drug-likeness (QED) is 0.171. The fourth-order valence-corrected chi connectivity index (χ4v) is 9.36. The number of hydrogen-bond acceptors (Lipinski definition) is 2. The van der Waals surface area contributed by atoms with Crippen LogP contribution in [0.4, 0.5) is 0 Å². The van der Waals surface area contributed by atoms with E-state index < -0.39 is 0 Å². The molecule has 0 unspecified atom stereocenters. The van der Waals surface area contributed by atoms with Crippen LogP contribution in [0.1, 0.15) is 119 Å². The van der Waals surface area contributed by atoms with Gasteiger partial charge in [0, 0.05) is 6.42 Å². The first kappa shape index (κ1) is 27.7. The summed E-state index contributed by atoms with van der Waals surface area (Å²) < 4.78 is 5.99. The molecule has 200 valence electrons. The standard InChI is InChI=1S/C32H53BrO2/c1-20(2)9-8-10-22(5)26-13-14-27-25-12-11-23-19-24(35-30(34)29(33)21(3)4)15-17-31(23,6)28(25)16-18-32(26,27)7/h11,20-22,24-29H,8-10,12-19H2,1-7H3/t22-,24+,25+,26-,27+,28+,29+,31+,32-/m1/s1. The van der Waals surface area contributed by atoms with Gasteiger partial charge < -0.3 is 4.74 Å². The van der Waals surface area contributed by atoms with Crippen LogP contribution in [-0.2, 0) is 9.53 Å². The Balaban J connectivity index is 1.43. The summed E-state index contributed by atoms with van der Waals surface area (Å²) in [7, 11) is 0. The average molecular weight is 550 g/mol. The van der Waals surface area contributed by atoms with E-state index in [0.29, 0.717) is 10.8 Å². The molecule has 0 saturated heterocycles. The highest BCUT2D eigenvalue weighted by atomic mass is 79.9. The summed E-state index contributed by atoms with van der Waals surface area (Å²) in [6.07, 6.45) is 17.1. The topological polar surface area (TPSA) is 26.3 Å². The van der Waals surface area contributed by atoms with E-state index in [1.165, 1.54) is 57.8 Å². The van der Waals surface area contributed by atoms with Crippen LogP contribution in [-0.4, -0.2) is 16.9 Å². The second-order valence-corrected chi connectivity index (χ2v) is 15.2. The third kappa shape index (κ3) is 5.33. The SMILES string of the molecule is CC(C)CCC[C@@H](C)[C@H]1CC[C@H]2[C@@H]3CC=C4C[C@@H](OC(=O)[C@@H](Br)C(C)C)CC[C@]4(C)[C@H]3CC[C@]12C. The number of halogens is 1. The first-order chi connectivity index (χ1) is 16.5. The van der Waals surface area contributed by atoms with Crippen LogP contribution in [0, 0.1) is 52.3 Å². The first-order valence-electron chi connectivity index (χ1n) is 15.0. The predicted molar refractivity (Wildman–Crippen MR) is 150 cm³/mol. The molecular weight excluding hydrogens is 496 g/mol. The molecular formula is C32H53BrO2. The van der Waals surface area contributed by atoms with Crippen molar-refractivity contribution in [3.05, 3.63) is 11.6 Å². The number of ether oxygens (including phenoxy) is 1. The van der Waals surface area contributed by atoms with Gasteiger partial charge in [-0.3, -0.25) is 4.79 Å². The number of carbonyl (C=O) groups excluding carboxylic acids is 1. The Hall–Kier alpha value is -0.310. The molecule has 2 nitrogen and oxygen atoms in total. The molecule has 0 aromatic carbocycles. The predicted octanol–water partition coefficient (Wildman–Crippen LogP) is 9.36. The Morgan fingerprint density at radius 2 is 1.77 bits per heavy atom. The lowest BCUT2D eigenvalue weighted by Crippen LogP contribution is -2.51. The molecule has 4 rings (SSSR count). The van der Waals surface area contributed by atoms with E-state index in [-0.39, 0.29) is 22.8 Å². The lowest BCUT2D eigenvalue weighted by molar-refractivity contribution is -0.151. The lowest BCUT2D eigenvalue weighted by Gasteiger charge is -2.58. The van der Waals surface area contributed by atoms with E-state index in [1.54, 1.807) is 5.57 Å². The Labute approximate surface area is 224 Å². The molecule has 0 spiro atoms. The molecule has 0 heterocycles. The van der Waals surface area contributed by atoms with Crippen molar-refractivity contribution < 1.29 is 9.53 Å². The third-order valence-electron chi connectivity index (χ3n) is 11.4. The van der Waals surface area contributed by atoms with Crippen LogP contribution >= 0.6 is 15.9 Å². The molecule has 0 aliphatic heterocycles. The molecule has 0 bridgehead atoms. The summed E-state index contributed by atoms with van der Waals surface area (Å²) in [5.41, 5.74) is 2.48. The van der Waals surface area contributed by atoms with Gasteiger partial charge in [0.1, 0.15) is 10.9 Å². The monoisotopic (exact) mass is 548 g/mol. The number of fused-ring (bicyclic) bond motifs is 5. The molecule has 0 aromatic heterocycles. The summed E-state index contributed by atoms with van der Waals surface area (Å²) in [6, 6.07) is 0. The lowest BCUT2D eigenvalue weighted by atomic mass is 9.47. The van der Waals surface area contributed by atoms with Gasteiger partial charge >= 0.3 is 5.97 Å². The largest absolute Gasteiger partial charge is 0.461 e. The van der Waals surface area contributed by atoms with Crippen molar-refractivity contribution in [1.29, 1.82) is 0 Å². The second kappa shape index (κ2) is 10.8. The van der Waals surface area contributed by atoms with Crippen molar-refractivity contribution in [2.75, 3.05) is 0 Å². The van der Waals surface area contributed by atoms with Gasteiger partial charge in [-0.2, -0.15) is 0 Å². The third-order valence-corrected chi connectivity index (χ3v) is 12.8. The Morgan fingerprint density at radius 1 is 1.03 bits per heavy atom. The maximum atomic E-state index is 12.6. The van der Waals surface area contributed by atoms with Crippen LogP contribution in [0.3, 0.4) is 0 Å². The Bertz CT molecular complexity index is 786. The number of carbonyl (C=O) groups is 1. The maximum absolute atomic E-state index is 12.6. The van der Waals surface area contributed by atoms with E-state index in [9.17, 15) is 4.79 Å². The Morgan fingerprint density at radius 3 is 2.46 bits per heavy atom. The minimum absolute atomic E-state index is 0.0635. The zero-order valence-corrected chi connectivity index (χ0v) is 25.3. The summed E-state index contributed by atoms with van der Waals surface area (Å²) >= 11 is 3.54. The summed E-state index contributed by atoms with van der Waals surface area (Å²) in [5.74, 6) is 5.42. The number of esters is 1. The average Bonchev–Trinajstić information content (AvgIpc) is 3.15. The molecule has 3 heteroatoms.